The van der Waals surface area contributed by atoms with Crippen LogP contribution in [0.25, 0.3) is 0 Å². The number of sulfone groups is 1. The standard InChI is InChI=1S/C12H12N4O3S/c13-7-10-2-1-3-11(6-10)20(17,18)5-4-14-8-12-15-9-19-16-12/h1-3,6,9,14H,4-5,8H2. The van der Waals surface area contributed by atoms with Crippen molar-refractivity contribution in [3.63, 3.8) is 0 Å². The van der Waals surface area contributed by atoms with Crippen molar-refractivity contribution in [2.75, 3.05) is 12.3 Å². The van der Waals surface area contributed by atoms with E-state index in [0.717, 1.165) is 0 Å². The molecule has 0 saturated carbocycles. The van der Waals surface area contributed by atoms with Gasteiger partial charge < -0.3 is 9.84 Å². The van der Waals surface area contributed by atoms with E-state index >= 15 is 0 Å². The third kappa shape index (κ3) is 3.63. The Kier molecular flexibility index (Phi) is 4.45. The first-order chi connectivity index (χ1) is 9.62. The maximum atomic E-state index is 12.1. The highest BCUT2D eigenvalue weighted by molar-refractivity contribution is 7.91. The van der Waals surface area contributed by atoms with Crippen LogP contribution < -0.4 is 5.32 Å². The van der Waals surface area contributed by atoms with Gasteiger partial charge in [0.15, 0.2) is 15.7 Å². The largest absolute Gasteiger partial charge is 0.343 e. The Morgan fingerprint density at radius 2 is 2.25 bits per heavy atom. The average molecular weight is 292 g/mol. The smallest absolute Gasteiger partial charge is 0.213 e. The lowest BCUT2D eigenvalue weighted by Crippen LogP contribution is -2.23. The lowest BCUT2D eigenvalue weighted by atomic mass is 10.2. The summed E-state index contributed by atoms with van der Waals surface area (Å²) in [7, 11) is -3.41. The van der Waals surface area contributed by atoms with Crippen molar-refractivity contribution in [1.29, 1.82) is 5.26 Å². The van der Waals surface area contributed by atoms with Gasteiger partial charge in [0, 0.05) is 6.54 Å². The molecule has 0 aliphatic rings. The summed E-state index contributed by atoms with van der Waals surface area (Å²) >= 11 is 0. The summed E-state index contributed by atoms with van der Waals surface area (Å²) < 4.78 is 28.7. The minimum atomic E-state index is -3.41. The molecule has 0 spiro atoms. The Labute approximate surface area is 116 Å². The second kappa shape index (κ2) is 6.27. The molecule has 0 amide bonds. The highest BCUT2D eigenvalue weighted by Crippen LogP contribution is 2.12. The lowest BCUT2D eigenvalue weighted by molar-refractivity contribution is 0.407. The van der Waals surface area contributed by atoms with Crippen molar-refractivity contribution >= 4 is 9.84 Å². The molecule has 104 valence electrons. The van der Waals surface area contributed by atoms with Gasteiger partial charge in [-0.15, -0.1) is 0 Å². The number of hydrogen-bond acceptors (Lipinski definition) is 7. The molecule has 2 rings (SSSR count). The van der Waals surface area contributed by atoms with Crippen LogP contribution >= 0.6 is 0 Å². The van der Waals surface area contributed by atoms with Gasteiger partial charge in [0.05, 0.1) is 28.8 Å². The molecule has 0 fully saturated rings. The Hall–Kier alpha value is -2.24. The van der Waals surface area contributed by atoms with Crippen LogP contribution in [0.2, 0.25) is 0 Å². The Morgan fingerprint density at radius 3 is 2.95 bits per heavy atom. The molecule has 0 saturated heterocycles. The average Bonchev–Trinajstić information content (AvgIpc) is 2.97. The zero-order valence-corrected chi connectivity index (χ0v) is 11.3. The van der Waals surface area contributed by atoms with Crippen molar-refractivity contribution in [3.8, 4) is 6.07 Å². The van der Waals surface area contributed by atoms with Gasteiger partial charge in [-0.25, -0.2) is 8.42 Å². The molecule has 0 atom stereocenters. The summed E-state index contributed by atoms with van der Waals surface area (Å²) in [5, 5.41) is 15.3. The predicted octanol–water partition coefficient (Wildman–Crippen LogP) is 0.505. The number of benzene rings is 1. The first-order valence-corrected chi connectivity index (χ1v) is 7.46. The van der Waals surface area contributed by atoms with Gasteiger partial charge in [0.1, 0.15) is 0 Å². The molecule has 0 aliphatic heterocycles. The number of rotatable bonds is 6. The zero-order chi connectivity index (χ0) is 14.4. The molecule has 2 aromatic rings. The summed E-state index contributed by atoms with van der Waals surface area (Å²) in [5.41, 5.74) is 0.325. The molecule has 1 heterocycles. The second-order valence-corrected chi connectivity index (χ2v) is 6.09. The van der Waals surface area contributed by atoms with Gasteiger partial charge in [-0.3, -0.25) is 0 Å². The fraction of sp³-hybridized carbons (Fsp3) is 0.250. The molecule has 1 N–H and O–H groups in total. The lowest BCUT2D eigenvalue weighted by Gasteiger charge is -2.05. The molecule has 1 aromatic heterocycles. The Morgan fingerprint density at radius 1 is 1.40 bits per heavy atom. The third-order valence-electron chi connectivity index (χ3n) is 2.56. The first-order valence-electron chi connectivity index (χ1n) is 5.81. The van der Waals surface area contributed by atoms with Crippen molar-refractivity contribution in [1.82, 2.24) is 15.5 Å². The first kappa shape index (κ1) is 14.2. The molecule has 8 heteroatoms. The molecule has 0 radical (unpaired) electrons. The van der Waals surface area contributed by atoms with Crippen LogP contribution in [-0.4, -0.2) is 30.9 Å². The SMILES string of the molecule is N#Cc1cccc(S(=O)(=O)CCNCc2ncon2)c1. The van der Waals surface area contributed by atoms with E-state index in [-0.39, 0.29) is 17.2 Å². The normalized spacial score (nSPS) is 11.2. The van der Waals surface area contributed by atoms with E-state index in [0.29, 0.717) is 17.9 Å². The minimum Gasteiger partial charge on any atom is -0.343 e. The van der Waals surface area contributed by atoms with Crippen LogP contribution in [-0.2, 0) is 16.4 Å². The summed E-state index contributed by atoms with van der Waals surface area (Å²) in [4.78, 5) is 3.96. The monoisotopic (exact) mass is 292 g/mol. The van der Waals surface area contributed by atoms with Gasteiger partial charge in [-0.2, -0.15) is 10.2 Å². The van der Waals surface area contributed by atoms with Crippen molar-refractivity contribution in [3.05, 3.63) is 42.0 Å². The Balaban J connectivity index is 1.92. The molecule has 0 unspecified atom stereocenters. The molecule has 0 bridgehead atoms. The third-order valence-corrected chi connectivity index (χ3v) is 4.27. The van der Waals surface area contributed by atoms with Gasteiger partial charge in [-0.1, -0.05) is 11.2 Å². The summed E-state index contributed by atoms with van der Waals surface area (Å²) in [6.07, 6.45) is 1.21. The van der Waals surface area contributed by atoms with E-state index < -0.39 is 9.84 Å². The van der Waals surface area contributed by atoms with Crippen LogP contribution in [0.1, 0.15) is 11.4 Å². The molecular weight excluding hydrogens is 280 g/mol. The molecule has 0 aliphatic carbocycles. The van der Waals surface area contributed by atoms with Crippen molar-refractivity contribution in [2.24, 2.45) is 0 Å². The van der Waals surface area contributed by atoms with Crippen molar-refractivity contribution < 1.29 is 12.9 Å². The summed E-state index contributed by atoms with van der Waals surface area (Å²) in [6, 6.07) is 7.89. The molecule has 7 nitrogen and oxygen atoms in total. The summed E-state index contributed by atoms with van der Waals surface area (Å²) in [5.74, 6) is 0.397. The second-order valence-electron chi connectivity index (χ2n) is 3.98. The highest BCUT2D eigenvalue weighted by Gasteiger charge is 2.14. The fourth-order valence-electron chi connectivity index (χ4n) is 1.55. The van der Waals surface area contributed by atoms with Crippen LogP contribution in [0.4, 0.5) is 0 Å². The Bertz CT molecular complexity index is 705. The number of aromatic nitrogens is 2. The number of nitrogens with zero attached hydrogens (tertiary/aromatic N) is 3. The fourth-order valence-corrected chi connectivity index (χ4v) is 2.80. The van der Waals surface area contributed by atoms with Gasteiger partial charge >= 0.3 is 0 Å². The van der Waals surface area contributed by atoms with Gasteiger partial charge in [-0.05, 0) is 18.2 Å². The van der Waals surface area contributed by atoms with Crippen LogP contribution in [0.3, 0.4) is 0 Å². The van der Waals surface area contributed by atoms with Crippen LogP contribution in [0.5, 0.6) is 0 Å². The van der Waals surface area contributed by atoms with E-state index in [4.69, 9.17) is 5.26 Å². The maximum Gasteiger partial charge on any atom is 0.213 e. The quantitative estimate of drug-likeness (QED) is 0.772. The number of nitrogens with one attached hydrogen (secondary N) is 1. The topological polar surface area (TPSA) is 109 Å². The van der Waals surface area contributed by atoms with E-state index in [9.17, 15) is 8.42 Å². The van der Waals surface area contributed by atoms with E-state index in [2.05, 4.69) is 20.0 Å². The van der Waals surface area contributed by atoms with E-state index in [1.165, 1.54) is 18.5 Å². The van der Waals surface area contributed by atoms with Crippen LogP contribution in [0.15, 0.2) is 40.1 Å². The number of nitriles is 1. The highest BCUT2D eigenvalue weighted by atomic mass is 32.2. The zero-order valence-electron chi connectivity index (χ0n) is 10.5. The van der Waals surface area contributed by atoms with Crippen LogP contribution in [0, 0.1) is 11.3 Å². The predicted molar refractivity (Wildman–Crippen MR) is 69.2 cm³/mol. The van der Waals surface area contributed by atoms with Gasteiger partial charge in [0.2, 0.25) is 6.39 Å². The van der Waals surface area contributed by atoms with Crippen molar-refractivity contribution in [2.45, 2.75) is 11.4 Å². The minimum absolute atomic E-state index is 0.0697. The molecule has 20 heavy (non-hydrogen) atoms. The van der Waals surface area contributed by atoms with Gasteiger partial charge in [0.25, 0.3) is 0 Å². The van der Waals surface area contributed by atoms with E-state index in [1.54, 1.807) is 12.1 Å². The molecular formula is C12H12N4O3S. The summed E-state index contributed by atoms with van der Waals surface area (Å²) in [6.45, 7) is 0.595. The maximum absolute atomic E-state index is 12.1. The molecule has 1 aromatic carbocycles. The number of hydrogen-bond donors (Lipinski definition) is 1. The van der Waals surface area contributed by atoms with E-state index in [1.807, 2.05) is 6.07 Å².